The number of pyridine rings is 1. The summed E-state index contributed by atoms with van der Waals surface area (Å²) in [6.45, 7) is 5.84. The molecule has 1 aliphatic heterocycles. The Morgan fingerprint density at radius 2 is 2.15 bits per heavy atom. The summed E-state index contributed by atoms with van der Waals surface area (Å²) in [5.74, 6) is -0.571. The topological polar surface area (TPSA) is 70.5 Å². The van der Waals surface area contributed by atoms with Crippen molar-refractivity contribution in [2.24, 2.45) is 5.92 Å². The van der Waals surface area contributed by atoms with Crippen LogP contribution >= 0.6 is 11.8 Å². The molecule has 1 amide bonds. The molecular formula is C14H18N2O3S. The minimum Gasteiger partial charge on any atom is -0.480 e. The molecule has 2 atom stereocenters. The van der Waals surface area contributed by atoms with Gasteiger partial charge in [-0.2, -0.15) is 0 Å². The Morgan fingerprint density at radius 1 is 1.45 bits per heavy atom. The van der Waals surface area contributed by atoms with Crippen LogP contribution in [0.5, 0.6) is 0 Å². The fourth-order valence-corrected chi connectivity index (χ4v) is 3.70. The number of aryl methyl sites for hydroxylation is 1. The van der Waals surface area contributed by atoms with E-state index in [2.05, 4.69) is 4.98 Å². The normalized spacial score (nSPS) is 22.3. The van der Waals surface area contributed by atoms with E-state index in [0.29, 0.717) is 11.3 Å². The molecule has 1 aromatic heterocycles. The van der Waals surface area contributed by atoms with Crippen LogP contribution in [-0.4, -0.2) is 44.0 Å². The minimum atomic E-state index is -0.950. The van der Waals surface area contributed by atoms with E-state index in [1.165, 1.54) is 22.9 Å². The number of carboxylic acid groups (broad SMARTS) is 1. The predicted octanol–water partition coefficient (Wildman–Crippen LogP) is 2.01. The van der Waals surface area contributed by atoms with E-state index in [1.54, 1.807) is 12.1 Å². The third kappa shape index (κ3) is 2.80. The zero-order valence-corrected chi connectivity index (χ0v) is 12.6. The van der Waals surface area contributed by atoms with Crippen LogP contribution < -0.4 is 0 Å². The summed E-state index contributed by atoms with van der Waals surface area (Å²) < 4.78 is 0. The van der Waals surface area contributed by atoms with Crippen molar-refractivity contribution >= 4 is 23.6 Å². The standard InChI is InChI=1S/C14H18N2O3S/c1-8(2)13-16(11(7-20-13)14(18)19)12(17)10-5-4-9(3)15-6-10/h4-6,8,11,13H,7H2,1-3H3,(H,18,19). The van der Waals surface area contributed by atoms with E-state index in [0.717, 1.165) is 5.69 Å². The first kappa shape index (κ1) is 14.8. The zero-order chi connectivity index (χ0) is 14.9. The van der Waals surface area contributed by atoms with Gasteiger partial charge >= 0.3 is 5.97 Å². The van der Waals surface area contributed by atoms with Crippen molar-refractivity contribution in [1.29, 1.82) is 0 Å². The molecule has 0 bridgehead atoms. The highest BCUT2D eigenvalue weighted by molar-refractivity contribution is 8.00. The van der Waals surface area contributed by atoms with Crippen LogP contribution in [0.3, 0.4) is 0 Å². The highest BCUT2D eigenvalue weighted by atomic mass is 32.2. The Bertz CT molecular complexity index is 516. The average Bonchev–Trinajstić information content (AvgIpc) is 2.83. The van der Waals surface area contributed by atoms with Crippen molar-refractivity contribution in [3.8, 4) is 0 Å². The maximum atomic E-state index is 12.6. The second kappa shape index (κ2) is 5.83. The smallest absolute Gasteiger partial charge is 0.327 e. The van der Waals surface area contributed by atoms with Crippen LogP contribution in [0, 0.1) is 12.8 Å². The molecule has 2 heterocycles. The fourth-order valence-electron chi connectivity index (χ4n) is 2.23. The first-order valence-corrected chi connectivity index (χ1v) is 7.56. The SMILES string of the molecule is Cc1ccc(C(=O)N2C(C(=O)O)CSC2C(C)C)cn1. The molecule has 1 fully saturated rings. The lowest BCUT2D eigenvalue weighted by molar-refractivity contribution is -0.141. The quantitative estimate of drug-likeness (QED) is 0.923. The summed E-state index contributed by atoms with van der Waals surface area (Å²) in [7, 11) is 0. The first-order valence-electron chi connectivity index (χ1n) is 6.51. The largest absolute Gasteiger partial charge is 0.480 e. The number of carbonyl (C=O) groups is 2. The molecular weight excluding hydrogens is 276 g/mol. The number of carbonyl (C=O) groups excluding carboxylic acids is 1. The minimum absolute atomic E-state index is 0.107. The Labute approximate surface area is 122 Å². The van der Waals surface area contributed by atoms with Gasteiger partial charge in [0.15, 0.2) is 0 Å². The van der Waals surface area contributed by atoms with E-state index >= 15 is 0 Å². The lowest BCUT2D eigenvalue weighted by atomic mass is 10.1. The summed E-state index contributed by atoms with van der Waals surface area (Å²) in [5.41, 5.74) is 1.27. The van der Waals surface area contributed by atoms with Gasteiger partial charge in [0.2, 0.25) is 0 Å². The lowest BCUT2D eigenvalue weighted by Crippen LogP contribution is -2.47. The van der Waals surface area contributed by atoms with Gasteiger partial charge in [0.1, 0.15) is 6.04 Å². The number of thioether (sulfide) groups is 1. The maximum Gasteiger partial charge on any atom is 0.327 e. The van der Waals surface area contributed by atoms with Gasteiger partial charge in [0.05, 0.1) is 10.9 Å². The number of rotatable bonds is 3. The Balaban J connectivity index is 2.31. The molecule has 0 spiro atoms. The van der Waals surface area contributed by atoms with Crippen LogP contribution in [0.4, 0.5) is 0 Å². The van der Waals surface area contributed by atoms with Crippen molar-refractivity contribution in [2.45, 2.75) is 32.2 Å². The predicted molar refractivity (Wildman–Crippen MR) is 77.7 cm³/mol. The van der Waals surface area contributed by atoms with Crippen molar-refractivity contribution < 1.29 is 14.7 Å². The molecule has 1 aromatic rings. The fraction of sp³-hybridized carbons (Fsp3) is 0.500. The van der Waals surface area contributed by atoms with Gasteiger partial charge in [0.25, 0.3) is 5.91 Å². The second-order valence-electron chi connectivity index (χ2n) is 5.22. The molecule has 0 saturated carbocycles. The molecule has 2 rings (SSSR count). The maximum absolute atomic E-state index is 12.6. The summed E-state index contributed by atoms with van der Waals surface area (Å²) in [4.78, 5) is 29.5. The lowest BCUT2D eigenvalue weighted by Gasteiger charge is -2.29. The number of hydrogen-bond donors (Lipinski definition) is 1. The van der Waals surface area contributed by atoms with Crippen LogP contribution in [0.1, 0.15) is 29.9 Å². The van der Waals surface area contributed by atoms with Gasteiger partial charge in [-0.15, -0.1) is 11.8 Å². The molecule has 5 nitrogen and oxygen atoms in total. The molecule has 0 aliphatic carbocycles. The molecule has 108 valence electrons. The second-order valence-corrected chi connectivity index (χ2v) is 6.37. The van der Waals surface area contributed by atoms with Crippen LogP contribution in [0.2, 0.25) is 0 Å². The van der Waals surface area contributed by atoms with Gasteiger partial charge in [-0.25, -0.2) is 4.79 Å². The number of amides is 1. The number of nitrogens with zero attached hydrogens (tertiary/aromatic N) is 2. The molecule has 6 heteroatoms. The molecule has 0 radical (unpaired) electrons. The van der Waals surface area contributed by atoms with Crippen molar-refractivity contribution in [1.82, 2.24) is 9.88 Å². The summed E-state index contributed by atoms with van der Waals surface area (Å²) in [5, 5.41) is 9.19. The number of aromatic nitrogens is 1. The summed E-state index contributed by atoms with van der Waals surface area (Å²) in [6, 6.07) is 2.70. The van der Waals surface area contributed by atoms with Gasteiger partial charge in [-0.1, -0.05) is 13.8 Å². The van der Waals surface area contributed by atoms with E-state index in [1.807, 2.05) is 20.8 Å². The first-order chi connectivity index (χ1) is 9.41. The van der Waals surface area contributed by atoms with Gasteiger partial charge in [-0.05, 0) is 25.0 Å². The Kier molecular flexibility index (Phi) is 4.32. The third-order valence-electron chi connectivity index (χ3n) is 3.28. The van der Waals surface area contributed by atoms with E-state index in [4.69, 9.17) is 0 Å². The summed E-state index contributed by atoms with van der Waals surface area (Å²) in [6.07, 6.45) is 1.51. The van der Waals surface area contributed by atoms with E-state index in [-0.39, 0.29) is 17.2 Å². The average molecular weight is 294 g/mol. The molecule has 0 aromatic carbocycles. The number of carboxylic acids is 1. The molecule has 1 saturated heterocycles. The van der Waals surface area contributed by atoms with Crippen LogP contribution in [-0.2, 0) is 4.79 Å². The van der Waals surface area contributed by atoms with E-state index < -0.39 is 12.0 Å². The van der Waals surface area contributed by atoms with Gasteiger partial charge in [0, 0.05) is 17.6 Å². The van der Waals surface area contributed by atoms with Gasteiger partial charge in [-0.3, -0.25) is 9.78 Å². The van der Waals surface area contributed by atoms with E-state index in [9.17, 15) is 14.7 Å². The van der Waals surface area contributed by atoms with Crippen molar-refractivity contribution in [3.63, 3.8) is 0 Å². The van der Waals surface area contributed by atoms with Gasteiger partial charge < -0.3 is 10.0 Å². The van der Waals surface area contributed by atoms with Crippen LogP contribution in [0.15, 0.2) is 18.3 Å². The van der Waals surface area contributed by atoms with Crippen molar-refractivity contribution in [2.75, 3.05) is 5.75 Å². The third-order valence-corrected chi connectivity index (χ3v) is 4.90. The zero-order valence-electron chi connectivity index (χ0n) is 11.7. The molecule has 2 unspecified atom stereocenters. The highest BCUT2D eigenvalue weighted by Gasteiger charge is 2.43. The van der Waals surface area contributed by atoms with Crippen LogP contribution in [0.25, 0.3) is 0 Å². The molecule has 1 N–H and O–H groups in total. The molecule has 20 heavy (non-hydrogen) atoms. The monoisotopic (exact) mass is 294 g/mol. The number of aliphatic carboxylic acids is 1. The highest BCUT2D eigenvalue weighted by Crippen LogP contribution is 2.35. The Hall–Kier alpha value is -1.56. The Morgan fingerprint density at radius 3 is 2.65 bits per heavy atom. The number of hydrogen-bond acceptors (Lipinski definition) is 4. The summed E-state index contributed by atoms with van der Waals surface area (Å²) >= 11 is 1.53. The van der Waals surface area contributed by atoms with Crippen molar-refractivity contribution in [3.05, 3.63) is 29.6 Å². The molecule has 1 aliphatic rings.